The van der Waals surface area contributed by atoms with Crippen LogP contribution in [0.3, 0.4) is 0 Å². The van der Waals surface area contributed by atoms with Crippen LogP contribution in [0.2, 0.25) is 0 Å². The van der Waals surface area contributed by atoms with Crippen molar-refractivity contribution in [2.45, 2.75) is 71.3 Å². The average Bonchev–Trinajstić information content (AvgIpc) is 2.40. The van der Waals surface area contributed by atoms with Crippen LogP contribution in [0.15, 0.2) is 12.7 Å². The Labute approximate surface area is 118 Å². The molecule has 0 saturated heterocycles. The second kappa shape index (κ2) is 12.2. The van der Waals surface area contributed by atoms with Crippen molar-refractivity contribution < 1.29 is 14.6 Å². The van der Waals surface area contributed by atoms with E-state index in [2.05, 4.69) is 13.5 Å². The minimum Gasteiger partial charge on any atom is -0.481 e. The van der Waals surface area contributed by atoms with Crippen molar-refractivity contribution in [3.8, 4) is 0 Å². The molecule has 0 rings (SSSR count). The summed E-state index contributed by atoms with van der Waals surface area (Å²) >= 11 is 0. The summed E-state index contributed by atoms with van der Waals surface area (Å²) in [6.45, 7) is 7.97. The number of carbonyl (C=O) groups is 1. The third-order valence-electron chi connectivity index (χ3n) is 3.47. The number of hydrogen-bond acceptors (Lipinski definition) is 2. The van der Waals surface area contributed by atoms with Crippen LogP contribution >= 0.6 is 0 Å². The fourth-order valence-electron chi connectivity index (χ4n) is 2.13. The van der Waals surface area contributed by atoms with Gasteiger partial charge in [-0.2, -0.15) is 0 Å². The Hall–Kier alpha value is -0.830. The number of rotatable bonds is 13. The molecule has 3 nitrogen and oxygen atoms in total. The molecule has 0 aromatic heterocycles. The van der Waals surface area contributed by atoms with Gasteiger partial charge in [0.25, 0.3) is 0 Å². The Morgan fingerprint density at radius 3 is 2.32 bits per heavy atom. The molecule has 0 radical (unpaired) electrons. The Kier molecular flexibility index (Phi) is 11.7. The van der Waals surface area contributed by atoms with Crippen molar-refractivity contribution in [3.05, 3.63) is 12.7 Å². The van der Waals surface area contributed by atoms with Gasteiger partial charge in [0.15, 0.2) is 0 Å². The lowest BCUT2D eigenvalue weighted by atomic mass is 9.98. The Morgan fingerprint density at radius 2 is 1.79 bits per heavy atom. The van der Waals surface area contributed by atoms with E-state index in [1.165, 1.54) is 38.5 Å². The fraction of sp³-hybridized carbons (Fsp3) is 0.812. The van der Waals surface area contributed by atoms with Gasteiger partial charge in [-0.05, 0) is 13.3 Å². The molecular weight excluding hydrogens is 240 g/mol. The lowest BCUT2D eigenvalue weighted by molar-refractivity contribution is -0.146. The molecule has 2 atom stereocenters. The quantitative estimate of drug-likeness (QED) is 0.398. The molecule has 0 aliphatic carbocycles. The van der Waals surface area contributed by atoms with Crippen molar-refractivity contribution in [1.82, 2.24) is 0 Å². The van der Waals surface area contributed by atoms with Crippen LogP contribution in [0.4, 0.5) is 0 Å². The molecule has 1 N–H and O–H groups in total. The lowest BCUT2D eigenvalue weighted by Gasteiger charge is -2.20. The van der Waals surface area contributed by atoms with Crippen LogP contribution in [-0.4, -0.2) is 23.8 Å². The van der Waals surface area contributed by atoms with E-state index in [9.17, 15) is 4.79 Å². The summed E-state index contributed by atoms with van der Waals surface area (Å²) in [5, 5.41) is 9.05. The smallest absolute Gasteiger partial charge is 0.308 e. The highest BCUT2D eigenvalue weighted by molar-refractivity contribution is 5.70. The molecule has 0 saturated carbocycles. The second-order valence-corrected chi connectivity index (χ2v) is 5.20. The van der Waals surface area contributed by atoms with Gasteiger partial charge in [0.05, 0.1) is 18.6 Å². The molecular formula is C16H30O3. The Bertz CT molecular complexity index is 238. The number of carboxylic acids is 1. The summed E-state index contributed by atoms with van der Waals surface area (Å²) < 4.78 is 5.56. The van der Waals surface area contributed by atoms with Crippen molar-refractivity contribution in [3.63, 3.8) is 0 Å². The predicted octanol–water partition coefficient (Wildman–Crippen LogP) is 4.42. The highest BCUT2D eigenvalue weighted by Gasteiger charge is 2.23. The van der Waals surface area contributed by atoms with Crippen molar-refractivity contribution in [2.24, 2.45) is 5.92 Å². The van der Waals surface area contributed by atoms with Crippen molar-refractivity contribution in [1.29, 1.82) is 0 Å². The molecule has 0 aliphatic heterocycles. The number of carboxylic acid groups (broad SMARTS) is 1. The van der Waals surface area contributed by atoms with E-state index in [0.29, 0.717) is 6.61 Å². The first-order valence-electron chi connectivity index (χ1n) is 7.58. The van der Waals surface area contributed by atoms with E-state index in [1.807, 2.05) is 0 Å². The van der Waals surface area contributed by atoms with Crippen LogP contribution in [-0.2, 0) is 9.53 Å². The molecule has 0 unspecified atom stereocenters. The zero-order valence-corrected chi connectivity index (χ0v) is 12.6. The van der Waals surface area contributed by atoms with Gasteiger partial charge >= 0.3 is 5.97 Å². The van der Waals surface area contributed by atoms with Crippen LogP contribution < -0.4 is 0 Å². The number of aliphatic carboxylic acids is 1. The van der Waals surface area contributed by atoms with Gasteiger partial charge in [-0.1, -0.05) is 57.9 Å². The highest BCUT2D eigenvalue weighted by atomic mass is 16.5. The molecule has 0 fully saturated rings. The highest BCUT2D eigenvalue weighted by Crippen LogP contribution is 2.17. The van der Waals surface area contributed by atoms with Gasteiger partial charge in [-0.25, -0.2) is 0 Å². The standard InChI is InChI=1S/C16H30O3/c1-4-6-7-8-9-10-11-12-15(19-13-5-2)14(3)16(17)18/h5,14-15H,2,4,6-13H2,1,3H3,(H,17,18)/t14-,15+/m0/s1. The summed E-state index contributed by atoms with van der Waals surface area (Å²) in [5.74, 6) is -1.22. The van der Waals surface area contributed by atoms with Gasteiger partial charge in [-0.15, -0.1) is 6.58 Å². The molecule has 0 spiro atoms. The number of ether oxygens (including phenoxy) is 1. The summed E-state index contributed by atoms with van der Waals surface area (Å²) in [4.78, 5) is 11.0. The molecule has 0 aliphatic rings. The molecule has 0 heterocycles. The first-order valence-corrected chi connectivity index (χ1v) is 7.58. The van der Waals surface area contributed by atoms with Gasteiger partial charge in [-0.3, -0.25) is 4.79 Å². The van der Waals surface area contributed by atoms with E-state index >= 15 is 0 Å². The predicted molar refractivity (Wildman–Crippen MR) is 79.3 cm³/mol. The summed E-state index contributed by atoms with van der Waals surface area (Å²) in [7, 11) is 0. The van der Waals surface area contributed by atoms with E-state index in [-0.39, 0.29) is 6.10 Å². The normalized spacial score (nSPS) is 14.0. The SMILES string of the molecule is C=CCO[C@H](CCCCCCCCC)[C@H](C)C(=O)O. The molecule has 0 aromatic carbocycles. The number of hydrogen-bond donors (Lipinski definition) is 1. The van der Waals surface area contributed by atoms with E-state index in [1.54, 1.807) is 13.0 Å². The van der Waals surface area contributed by atoms with Gasteiger partial charge in [0.1, 0.15) is 0 Å². The van der Waals surface area contributed by atoms with Gasteiger partial charge in [0.2, 0.25) is 0 Å². The molecule has 0 aromatic rings. The Morgan fingerprint density at radius 1 is 1.21 bits per heavy atom. The Balaban J connectivity index is 3.79. The molecule has 0 bridgehead atoms. The van der Waals surface area contributed by atoms with Gasteiger partial charge < -0.3 is 9.84 Å². The lowest BCUT2D eigenvalue weighted by Crippen LogP contribution is -2.28. The van der Waals surface area contributed by atoms with Crippen molar-refractivity contribution in [2.75, 3.05) is 6.61 Å². The molecule has 3 heteroatoms. The maximum absolute atomic E-state index is 11.0. The summed E-state index contributed by atoms with van der Waals surface area (Å²) in [6, 6.07) is 0. The molecule has 112 valence electrons. The zero-order valence-electron chi connectivity index (χ0n) is 12.6. The zero-order chi connectivity index (χ0) is 14.5. The monoisotopic (exact) mass is 270 g/mol. The first kappa shape index (κ1) is 18.2. The van der Waals surface area contributed by atoms with E-state index in [0.717, 1.165) is 12.8 Å². The minimum atomic E-state index is -0.781. The minimum absolute atomic E-state index is 0.189. The molecule has 19 heavy (non-hydrogen) atoms. The van der Waals surface area contributed by atoms with Crippen LogP contribution in [0.1, 0.15) is 65.2 Å². The average molecular weight is 270 g/mol. The maximum atomic E-state index is 11.0. The maximum Gasteiger partial charge on any atom is 0.308 e. The topological polar surface area (TPSA) is 46.5 Å². The second-order valence-electron chi connectivity index (χ2n) is 5.20. The fourth-order valence-corrected chi connectivity index (χ4v) is 2.13. The summed E-state index contributed by atoms with van der Waals surface area (Å²) in [5.41, 5.74) is 0. The van der Waals surface area contributed by atoms with Crippen molar-refractivity contribution >= 4 is 5.97 Å². The third-order valence-corrected chi connectivity index (χ3v) is 3.47. The molecule has 0 amide bonds. The summed E-state index contributed by atoms with van der Waals surface area (Å²) in [6.07, 6.45) is 11.0. The van der Waals surface area contributed by atoms with E-state index < -0.39 is 11.9 Å². The first-order chi connectivity index (χ1) is 9.13. The number of unbranched alkanes of at least 4 members (excludes halogenated alkanes) is 6. The third kappa shape index (κ3) is 9.71. The largest absolute Gasteiger partial charge is 0.481 e. The van der Waals surface area contributed by atoms with Crippen LogP contribution in [0, 0.1) is 5.92 Å². The van der Waals surface area contributed by atoms with Crippen LogP contribution in [0.5, 0.6) is 0 Å². The van der Waals surface area contributed by atoms with E-state index in [4.69, 9.17) is 9.84 Å². The van der Waals surface area contributed by atoms with Crippen LogP contribution in [0.25, 0.3) is 0 Å². The van der Waals surface area contributed by atoms with Gasteiger partial charge in [0, 0.05) is 0 Å².